The Labute approximate surface area is 359 Å². The first-order valence-electron chi connectivity index (χ1n) is 21.2. The van der Waals surface area contributed by atoms with Crippen LogP contribution in [0.15, 0.2) is 229 Å². The number of para-hydroxylation sites is 3. The molecule has 2 heterocycles. The summed E-state index contributed by atoms with van der Waals surface area (Å²) in [5.74, 6) is 1.71. The molecule has 0 bridgehead atoms. The summed E-state index contributed by atoms with van der Waals surface area (Å²) in [7, 11) is 0. The highest BCUT2D eigenvalue weighted by molar-refractivity contribution is 6.17. The van der Waals surface area contributed by atoms with Gasteiger partial charge < -0.3 is 14.1 Å². The number of benzene rings is 10. The summed E-state index contributed by atoms with van der Waals surface area (Å²) in [5.41, 5.74) is 16.1. The molecule has 1 aromatic heterocycles. The molecule has 0 N–H and O–H groups in total. The highest BCUT2D eigenvalue weighted by atomic mass is 16.5. The van der Waals surface area contributed by atoms with Crippen molar-refractivity contribution in [2.24, 2.45) is 0 Å². The van der Waals surface area contributed by atoms with Gasteiger partial charge in [0.1, 0.15) is 22.7 Å². The van der Waals surface area contributed by atoms with Crippen LogP contribution in [0.5, 0.6) is 11.5 Å². The molecular weight excluding hydrogens is 755 g/mol. The monoisotopic (exact) mass is 791 g/mol. The smallest absolute Gasteiger partial charge is 0.145 e. The van der Waals surface area contributed by atoms with Crippen molar-refractivity contribution < 1.29 is 9.15 Å². The van der Waals surface area contributed by atoms with Gasteiger partial charge in [0.15, 0.2) is 0 Å². The lowest BCUT2D eigenvalue weighted by molar-refractivity contribution is 0.436. The number of fused-ring (bicyclic) bond motifs is 13. The van der Waals surface area contributed by atoms with Gasteiger partial charge >= 0.3 is 0 Å². The van der Waals surface area contributed by atoms with Gasteiger partial charge in [-0.2, -0.15) is 0 Å². The van der Waals surface area contributed by atoms with Gasteiger partial charge in [0.25, 0.3) is 0 Å². The Morgan fingerprint density at radius 2 is 0.968 bits per heavy atom. The molecular formula is C59H37NO2. The largest absolute Gasteiger partial charge is 0.457 e. The van der Waals surface area contributed by atoms with Crippen LogP contribution in [-0.2, 0) is 5.41 Å². The van der Waals surface area contributed by atoms with Crippen molar-refractivity contribution in [3.63, 3.8) is 0 Å². The molecule has 0 radical (unpaired) electrons. The zero-order chi connectivity index (χ0) is 40.8. The molecule has 0 fully saturated rings. The van der Waals surface area contributed by atoms with Crippen molar-refractivity contribution in [1.82, 2.24) is 0 Å². The third-order valence-corrected chi connectivity index (χ3v) is 13.1. The average Bonchev–Trinajstić information content (AvgIpc) is 3.87. The van der Waals surface area contributed by atoms with Gasteiger partial charge in [-0.1, -0.05) is 176 Å². The van der Waals surface area contributed by atoms with Gasteiger partial charge in [-0.15, -0.1) is 0 Å². The number of hydrogen-bond donors (Lipinski definition) is 0. The molecule has 0 amide bonds. The third kappa shape index (κ3) is 4.94. The predicted molar refractivity (Wildman–Crippen MR) is 254 cm³/mol. The van der Waals surface area contributed by atoms with Gasteiger partial charge in [0.05, 0.1) is 16.5 Å². The molecule has 0 unspecified atom stereocenters. The van der Waals surface area contributed by atoms with Crippen molar-refractivity contribution >= 4 is 49.8 Å². The Hall–Kier alpha value is -8.14. The first-order valence-corrected chi connectivity index (χ1v) is 21.2. The van der Waals surface area contributed by atoms with E-state index in [9.17, 15) is 0 Å². The van der Waals surface area contributed by atoms with Crippen molar-refractivity contribution in [2.75, 3.05) is 4.90 Å². The van der Waals surface area contributed by atoms with Crippen LogP contribution in [0.25, 0.3) is 66.1 Å². The molecule has 0 saturated carbocycles. The Morgan fingerprint density at radius 3 is 1.76 bits per heavy atom. The first-order chi connectivity index (χ1) is 30.8. The number of furan rings is 1. The van der Waals surface area contributed by atoms with Gasteiger partial charge in [-0.25, -0.2) is 0 Å². The van der Waals surface area contributed by atoms with E-state index >= 15 is 0 Å². The minimum absolute atomic E-state index is 0.535. The maximum absolute atomic E-state index is 7.00. The number of anilines is 3. The molecule has 1 aliphatic carbocycles. The van der Waals surface area contributed by atoms with E-state index in [-0.39, 0.29) is 0 Å². The minimum Gasteiger partial charge on any atom is -0.457 e. The fraction of sp³-hybridized carbons (Fsp3) is 0.0169. The second-order valence-electron chi connectivity index (χ2n) is 16.3. The van der Waals surface area contributed by atoms with Crippen LogP contribution >= 0.6 is 0 Å². The Balaban J connectivity index is 1.00. The quantitative estimate of drug-likeness (QED) is 0.174. The van der Waals surface area contributed by atoms with Crippen molar-refractivity contribution in [1.29, 1.82) is 0 Å². The Kier molecular flexibility index (Phi) is 7.52. The van der Waals surface area contributed by atoms with Gasteiger partial charge in [-0.3, -0.25) is 0 Å². The summed E-state index contributed by atoms with van der Waals surface area (Å²) in [5, 5.41) is 4.60. The van der Waals surface area contributed by atoms with Gasteiger partial charge in [0.2, 0.25) is 0 Å². The normalized spacial score (nSPS) is 13.1. The highest BCUT2D eigenvalue weighted by Gasteiger charge is 2.51. The molecule has 1 spiro atoms. The number of hydrogen-bond acceptors (Lipinski definition) is 3. The Bertz CT molecular complexity index is 3510. The summed E-state index contributed by atoms with van der Waals surface area (Å²) in [6.07, 6.45) is 0. The number of nitrogens with zero attached hydrogens (tertiary/aromatic N) is 1. The molecule has 62 heavy (non-hydrogen) atoms. The molecule has 13 rings (SSSR count). The maximum Gasteiger partial charge on any atom is 0.145 e. The third-order valence-electron chi connectivity index (χ3n) is 13.1. The summed E-state index contributed by atoms with van der Waals surface area (Å²) in [6, 6.07) is 80.6. The summed E-state index contributed by atoms with van der Waals surface area (Å²) in [4.78, 5) is 2.35. The Morgan fingerprint density at radius 1 is 0.371 bits per heavy atom. The van der Waals surface area contributed by atoms with Crippen LogP contribution in [-0.4, -0.2) is 0 Å². The minimum atomic E-state index is -0.535. The van der Waals surface area contributed by atoms with Crippen LogP contribution < -0.4 is 9.64 Å². The maximum atomic E-state index is 7.00. The lowest BCUT2D eigenvalue weighted by Crippen LogP contribution is -2.32. The van der Waals surface area contributed by atoms with Crippen LogP contribution in [0.3, 0.4) is 0 Å². The van der Waals surface area contributed by atoms with Crippen molar-refractivity contribution in [3.8, 4) is 44.9 Å². The van der Waals surface area contributed by atoms with Crippen molar-refractivity contribution in [3.05, 3.63) is 247 Å². The van der Waals surface area contributed by atoms with Crippen LogP contribution in [0.2, 0.25) is 0 Å². The molecule has 11 aromatic rings. The molecule has 0 atom stereocenters. The van der Waals surface area contributed by atoms with E-state index in [1.54, 1.807) is 0 Å². The second kappa shape index (κ2) is 13.4. The van der Waals surface area contributed by atoms with E-state index in [1.165, 1.54) is 44.2 Å². The van der Waals surface area contributed by atoms with E-state index in [2.05, 4.69) is 223 Å². The topological polar surface area (TPSA) is 25.6 Å². The van der Waals surface area contributed by atoms with Gasteiger partial charge in [0, 0.05) is 39.5 Å². The molecule has 0 saturated heterocycles. The van der Waals surface area contributed by atoms with Crippen LogP contribution in [0.4, 0.5) is 17.1 Å². The lowest BCUT2D eigenvalue weighted by atomic mass is 9.66. The predicted octanol–water partition coefficient (Wildman–Crippen LogP) is 16.0. The van der Waals surface area contributed by atoms with Crippen LogP contribution in [0.1, 0.15) is 22.3 Å². The molecule has 290 valence electrons. The SMILES string of the molecule is c1ccc(N(c2ccc3c(c2)Oc2ccccc2C32c3ccccc3-c3ccccc32)c2ccc(-c3ccc(-c4cccc5ccccc45)cc3)c3oc4ccccc4c23)cc1. The number of rotatable bonds is 5. The average molecular weight is 792 g/mol. The van der Waals surface area contributed by atoms with E-state index in [1.807, 2.05) is 6.07 Å². The zero-order valence-electron chi connectivity index (χ0n) is 33.6. The molecule has 3 heteroatoms. The first kappa shape index (κ1) is 34.7. The zero-order valence-corrected chi connectivity index (χ0v) is 33.6. The molecule has 2 aliphatic rings. The van der Waals surface area contributed by atoms with Crippen molar-refractivity contribution in [2.45, 2.75) is 5.41 Å². The van der Waals surface area contributed by atoms with E-state index < -0.39 is 5.41 Å². The fourth-order valence-corrected chi connectivity index (χ4v) is 10.5. The van der Waals surface area contributed by atoms with Crippen LogP contribution in [0, 0.1) is 0 Å². The summed E-state index contributed by atoms with van der Waals surface area (Å²) < 4.78 is 13.9. The van der Waals surface area contributed by atoms with E-state index in [0.717, 1.165) is 72.8 Å². The molecule has 10 aromatic carbocycles. The lowest BCUT2D eigenvalue weighted by Gasteiger charge is -2.40. The van der Waals surface area contributed by atoms with Gasteiger partial charge in [-0.05, 0) is 92.2 Å². The second-order valence-corrected chi connectivity index (χ2v) is 16.3. The highest BCUT2D eigenvalue weighted by Crippen LogP contribution is 2.62. The standard InChI is InChI=1S/C59H37NO2/c1-2-17-41(18-3-1)60(42-33-35-52-56(37-42)61-55-28-13-11-26-51(55)59(52)49-24-9-6-20-46(49)47-21-7-10-25-50(47)59)53-36-34-45(58-57(53)48-22-8-12-27-54(48)62-58)40-31-29-39(30-32-40)44-23-14-16-38-15-4-5-19-43(38)44/h1-37H. The number of ether oxygens (including phenoxy) is 1. The van der Waals surface area contributed by atoms with E-state index in [4.69, 9.17) is 9.15 Å². The summed E-state index contributed by atoms with van der Waals surface area (Å²) in [6.45, 7) is 0. The van der Waals surface area contributed by atoms with E-state index in [0.29, 0.717) is 0 Å². The summed E-state index contributed by atoms with van der Waals surface area (Å²) >= 11 is 0. The molecule has 3 nitrogen and oxygen atoms in total. The fourth-order valence-electron chi connectivity index (χ4n) is 10.5. The molecule has 1 aliphatic heterocycles.